The van der Waals surface area contributed by atoms with Crippen LogP contribution < -0.4 is 10.1 Å². The lowest BCUT2D eigenvalue weighted by Gasteiger charge is -2.17. The number of amides is 1. The van der Waals surface area contributed by atoms with Gasteiger partial charge in [0, 0.05) is 11.9 Å². The van der Waals surface area contributed by atoms with Gasteiger partial charge < -0.3 is 10.1 Å². The lowest BCUT2D eigenvalue weighted by molar-refractivity contribution is 0.102. The molecule has 2 aromatic heterocycles. The fourth-order valence-corrected chi connectivity index (χ4v) is 2.72. The molecule has 6 heteroatoms. The van der Waals surface area contributed by atoms with Gasteiger partial charge in [-0.1, -0.05) is 0 Å². The zero-order valence-electron chi connectivity index (χ0n) is 12.8. The second-order valence-corrected chi connectivity index (χ2v) is 5.32. The Balaban J connectivity index is 1.93. The van der Waals surface area contributed by atoms with E-state index < -0.39 is 5.91 Å². The number of nitriles is 1. The van der Waals surface area contributed by atoms with Crippen molar-refractivity contribution in [1.82, 2.24) is 9.97 Å². The highest BCUT2D eigenvalue weighted by Crippen LogP contribution is 2.25. The molecule has 1 amide bonds. The van der Waals surface area contributed by atoms with Gasteiger partial charge in [0.05, 0.1) is 12.7 Å². The number of ether oxygens (including phenoxy) is 1. The number of aromatic nitrogens is 2. The van der Waals surface area contributed by atoms with Crippen molar-refractivity contribution in [3.8, 4) is 11.9 Å². The third kappa shape index (κ3) is 2.99. The van der Waals surface area contributed by atoms with Crippen LogP contribution in [0.4, 0.5) is 5.82 Å². The van der Waals surface area contributed by atoms with Gasteiger partial charge in [0.1, 0.15) is 11.6 Å². The SMILES string of the molecule is COc1ncccc1C(=O)Nc1nc2c(cc1C#N)CCCC2. The molecule has 2 heterocycles. The second kappa shape index (κ2) is 6.44. The fourth-order valence-electron chi connectivity index (χ4n) is 2.72. The van der Waals surface area contributed by atoms with Gasteiger partial charge in [-0.3, -0.25) is 4.79 Å². The average molecular weight is 308 g/mol. The molecule has 1 aliphatic rings. The quantitative estimate of drug-likeness (QED) is 0.941. The number of hydrogen-bond acceptors (Lipinski definition) is 5. The van der Waals surface area contributed by atoms with E-state index in [0.717, 1.165) is 36.9 Å². The summed E-state index contributed by atoms with van der Waals surface area (Å²) in [6.07, 6.45) is 5.54. The molecule has 0 fully saturated rings. The summed E-state index contributed by atoms with van der Waals surface area (Å²) in [5, 5.41) is 12.0. The van der Waals surface area contributed by atoms with Crippen molar-refractivity contribution in [1.29, 1.82) is 5.26 Å². The van der Waals surface area contributed by atoms with Crippen molar-refractivity contribution in [3.05, 3.63) is 46.8 Å². The number of anilines is 1. The number of fused-ring (bicyclic) bond motifs is 1. The van der Waals surface area contributed by atoms with Crippen LogP contribution in [-0.2, 0) is 12.8 Å². The predicted molar refractivity (Wildman–Crippen MR) is 84.3 cm³/mol. The minimum atomic E-state index is -0.394. The first-order chi connectivity index (χ1) is 11.2. The molecule has 6 nitrogen and oxygen atoms in total. The number of nitrogens with one attached hydrogen (secondary N) is 1. The molecule has 2 aromatic rings. The van der Waals surface area contributed by atoms with E-state index in [4.69, 9.17) is 4.74 Å². The molecule has 0 saturated heterocycles. The standard InChI is InChI=1S/C17H16N4O2/c1-23-17-13(6-4-8-19-17)16(22)21-15-12(10-18)9-11-5-2-3-7-14(11)20-15/h4,6,8-9H,2-3,5,7H2,1H3,(H,20,21,22). The number of carbonyl (C=O) groups is 1. The minimum Gasteiger partial charge on any atom is -0.480 e. The summed E-state index contributed by atoms with van der Waals surface area (Å²) in [6.45, 7) is 0. The molecule has 1 aliphatic carbocycles. The largest absolute Gasteiger partial charge is 0.480 e. The van der Waals surface area contributed by atoms with Gasteiger partial charge in [0.15, 0.2) is 5.82 Å². The van der Waals surface area contributed by atoms with Gasteiger partial charge in [-0.25, -0.2) is 9.97 Å². The van der Waals surface area contributed by atoms with E-state index in [1.165, 1.54) is 7.11 Å². The first-order valence-corrected chi connectivity index (χ1v) is 7.46. The molecular formula is C17H16N4O2. The van der Waals surface area contributed by atoms with Gasteiger partial charge in [-0.2, -0.15) is 5.26 Å². The smallest absolute Gasteiger partial charge is 0.262 e. The van der Waals surface area contributed by atoms with E-state index in [2.05, 4.69) is 21.4 Å². The summed E-state index contributed by atoms with van der Waals surface area (Å²) in [6, 6.07) is 7.21. The molecule has 0 aliphatic heterocycles. The Morgan fingerprint density at radius 2 is 2.22 bits per heavy atom. The number of carbonyl (C=O) groups excluding carboxylic acids is 1. The third-order valence-corrected chi connectivity index (χ3v) is 3.86. The average Bonchev–Trinajstić information content (AvgIpc) is 2.61. The van der Waals surface area contributed by atoms with Crippen molar-refractivity contribution >= 4 is 11.7 Å². The molecule has 0 saturated carbocycles. The van der Waals surface area contributed by atoms with Crippen molar-refractivity contribution < 1.29 is 9.53 Å². The highest BCUT2D eigenvalue weighted by molar-refractivity contribution is 6.05. The summed E-state index contributed by atoms with van der Waals surface area (Å²) in [5.74, 6) is 0.139. The van der Waals surface area contributed by atoms with E-state index in [-0.39, 0.29) is 5.88 Å². The van der Waals surface area contributed by atoms with Crippen LogP contribution in [0.5, 0.6) is 5.88 Å². The minimum absolute atomic E-state index is 0.237. The maximum Gasteiger partial charge on any atom is 0.262 e. The Bertz CT molecular complexity index is 796. The van der Waals surface area contributed by atoms with Crippen LogP contribution in [-0.4, -0.2) is 23.0 Å². The molecule has 0 radical (unpaired) electrons. The second-order valence-electron chi connectivity index (χ2n) is 5.32. The third-order valence-electron chi connectivity index (χ3n) is 3.86. The van der Waals surface area contributed by atoms with Crippen LogP contribution in [0.25, 0.3) is 0 Å². The molecule has 0 atom stereocenters. The molecule has 23 heavy (non-hydrogen) atoms. The molecule has 3 rings (SSSR count). The van der Waals surface area contributed by atoms with E-state index >= 15 is 0 Å². The normalized spacial score (nSPS) is 12.9. The number of nitrogens with zero attached hydrogens (tertiary/aromatic N) is 3. The lowest BCUT2D eigenvalue weighted by atomic mass is 9.95. The summed E-state index contributed by atoms with van der Waals surface area (Å²) in [7, 11) is 1.46. The first-order valence-electron chi connectivity index (χ1n) is 7.46. The predicted octanol–water partition coefficient (Wildman–Crippen LogP) is 2.49. The Morgan fingerprint density at radius 1 is 1.39 bits per heavy atom. The van der Waals surface area contributed by atoms with E-state index in [9.17, 15) is 10.1 Å². The molecule has 0 bridgehead atoms. The number of rotatable bonds is 3. The molecule has 0 aromatic carbocycles. The number of aryl methyl sites for hydroxylation is 2. The van der Waals surface area contributed by atoms with Crippen LogP contribution in [0.3, 0.4) is 0 Å². The highest BCUT2D eigenvalue weighted by atomic mass is 16.5. The fraction of sp³-hybridized carbons (Fsp3) is 0.294. The molecule has 1 N–H and O–H groups in total. The Labute approximate surface area is 134 Å². The van der Waals surface area contributed by atoms with Gasteiger partial charge in [0.2, 0.25) is 5.88 Å². The molecule has 116 valence electrons. The summed E-state index contributed by atoms with van der Waals surface area (Å²) in [4.78, 5) is 20.9. The van der Waals surface area contributed by atoms with Crippen LogP contribution in [0.15, 0.2) is 24.4 Å². The Kier molecular flexibility index (Phi) is 4.20. The number of pyridine rings is 2. The number of methoxy groups -OCH3 is 1. The zero-order valence-corrected chi connectivity index (χ0v) is 12.8. The highest BCUT2D eigenvalue weighted by Gasteiger charge is 2.19. The zero-order chi connectivity index (χ0) is 16.2. The van der Waals surface area contributed by atoms with Gasteiger partial charge in [-0.15, -0.1) is 0 Å². The lowest BCUT2D eigenvalue weighted by Crippen LogP contribution is -2.17. The summed E-state index contributed by atoms with van der Waals surface area (Å²) in [5.41, 5.74) is 2.74. The monoisotopic (exact) mass is 308 g/mol. The molecular weight excluding hydrogens is 292 g/mol. The van der Waals surface area contributed by atoms with Gasteiger partial charge >= 0.3 is 0 Å². The summed E-state index contributed by atoms with van der Waals surface area (Å²) >= 11 is 0. The maximum atomic E-state index is 12.4. The van der Waals surface area contributed by atoms with E-state index in [1.807, 2.05) is 6.07 Å². The van der Waals surface area contributed by atoms with Gasteiger partial charge in [0.25, 0.3) is 5.91 Å². The van der Waals surface area contributed by atoms with Crippen LogP contribution in [0, 0.1) is 11.3 Å². The van der Waals surface area contributed by atoms with Crippen molar-refractivity contribution in [2.45, 2.75) is 25.7 Å². The van der Waals surface area contributed by atoms with Crippen molar-refractivity contribution in [2.75, 3.05) is 12.4 Å². The van der Waals surface area contributed by atoms with Crippen LogP contribution >= 0.6 is 0 Å². The van der Waals surface area contributed by atoms with E-state index in [0.29, 0.717) is 16.9 Å². The van der Waals surface area contributed by atoms with Crippen LogP contribution in [0.2, 0.25) is 0 Å². The number of hydrogen-bond donors (Lipinski definition) is 1. The van der Waals surface area contributed by atoms with E-state index in [1.54, 1.807) is 18.3 Å². The van der Waals surface area contributed by atoms with Gasteiger partial charge in [-0.05, 0) is 49.4 Å². The summed E-state index contributed by atoms with van der Waals surface area (Å²) < 4.78 is 5.09. The van der Waals surface area contributed by atoms with Crippen LogP contribution in [0.1, 0.15) is 40.0 Å². The maximum absolute atomic E-state index is 12.4. The molecule has 0 unspecified atom stereocenters. The molecule has 0 spiro atoms. The first kappa shape index (κ1) is 15.0. The van der Waals surface area contributed by atoms with Crippen molar-refractivity contribution in [2.24, 2.45) is 0 Å². The Morgan fingerprint density at radius 3 is 3.00 bits per heavy atom. The topological polar surface area (TPSA) is 87.9 Å². The van der Waals surface area contributed by atoms with Crippen molar-refractivity contribution in [3.63, 3.8) is 0 Å². The Hall–Kier alpha value is -2.94.